The molecule has 11 aromatic rings. The van der Waals surface area contributed by atoms with Crippen molar-refractivity contribution in [2.75, 3.05) is 0 Å². The summed E-state index contributed by atoms with van der Waals surface area (Å²) in [6, 6.07) is 60.3. The molecule has 238 valence electrons. The number of pyridine rings is 1. The van der Waals surface area contributed by atoms with E-state index < -0.39 is 0 Å². The molecule has 0 saturated heterocycles. The standard InChI is InChI=1S/C47H28N2OS/c1-3-13-29(14-4-1)32-27-37(30-15-5-2-6-16-30)48-38(28-32)31-23-25-33(26-24-31)49-39-20-10-7-17-34(39)43-45(49)42-35-18-8-11-21-40(35)50-46(42)44-36-19-9-12-22-41(36)51-47(43)44/h1-28H. The van der Waals surface area contributed by atoms with Crippen molar-refractivity contribution in [3.8, 4) is 39.3 Å². The molecule has 0 unspecified atom stereocenters. The van der Waals surface area contributed by atoms with Crippen LogP contribution in [0.4, 0.5) is 0 Å². The smallest absolute Gasteiger partial charge is 0.146 e. The molecule has 0 aliphatic heterocycles. The van der Waals surface area contributed by atoms with Gasteiger partial charge in [-0.1, -0.05) is 127 Å². The highest BCUT2D eigenvalue weighted by atomic mass is 32.1. The zero-order valence-corrected chi connectivity index (χ0v) is 28.2. The fourth-order valence-corrected chi connectivity index (χ4v) is 9.15. The number of hydrogen-bond donors (Lipinski definition) is 0. The minimum Gasteiger partial charge on any atom is -0.455 e. The predicted octanol–water partition coefficient (Wildman–Crippen LogP) is 13.4. The Morgan fingerprint density at radius 1 is 0.471 bits per heavy atom. The average molecular weight is 669 g/mol. The summed E-state index contributed by atoms with van der Waals surface area (Å²) in [5.74, 6) is 0. The highest BCUT2D eigenvalue weighted by molar-refractivity contribution is 7.27. The monoisotopic (exact) mass is 668 g/mol. The van der Waals surface area contributed by atoms with Crippen LogP contribution in [0.1, 0.15) is 0 Å². The predicted molar refractivity (Wildman–Crippen MR) is 215 cm³/mol. The Balaban J connectivity index is 1.18. The zero-order chi connectivity index (χ0) is 33.5. The fraction of sp³-hybridized carbons (Fsp3) is 0. The van der Waals surface area contributed by atoms with E-state index in [0.29, 0.717) is 0 Å². The second-order valence-corrected chi connectivity index (χ2v) is 14.1. The highest BCUT2D eigenvalue weighted by Crippen LogP contribution is 2.50. The SMILES string of the molecule is c1ccc(-c2cc(-c3ccccc3)nc(-c3ccc(-n4c5ccccc5c5c6sc7ccccc7c6c6oc7ccccc7c6c54)cc3)c2)cc1. The first kappa shape index (κ1) is 28.4. The van der Waals surface area contributed by atoms with E-state index in [1.807, 2.05) is 17.4 Å². The summed E-state index contributed by atoms with van der Waals surface area (Å²) in [6.07, 6.45) is 0. The van der Waals surface area contributed by atoms with Crippen LogP contribution in [-0.4, -0.2) is 9.55 Å². The molecular formula is C47H28N2OS. The first-order valence-electron chi connectivity index (χ1n) is 17.2. The van der Waals surface area contributed by atoms with E-state index in [4.69, 9.17) is 9.40 Å². The van der Waals surface area contributed by atoms with Crippen LogP contribution in [0.25, 0.3) is 103 Å². The number of benzene rings is 7. The lowest BCUT2D eigenvalue weighted by Gasteiger charge is -2.12. The molecule has 0 aliphatic carbocycles. The Morgan fingerprint density at radius 2 is 1.08 bits per heavy atom. The van der Waals surface area contributed by atoms with Gasteiger partial charge in [0, 0.05) is 53.1 Å². The van der Waals surface area contributed by atoms with Crippen molar-refractivity contribution in [2.45, 2.75) is 0 Å². The molecule has 7 aromatic carbocycles. The zero-order valence-electron chi connectivity index (χ0n) is 27.4. The maximum absolute atomic E-state index is 6.78. The molecule has 4 heteroatoms. The minimum absolute atomic E-state index is 0.905. The summed E-state index contributed by atoms with van der Waals surface area (Å²) in [6.45, 7) is 0. The summed E-state index contributed by atoms with van der Waals surface area (Å²) in [4.78, 5) is 5.20. The number of hydrogen-bond acceptors (Lipinski definition) is 3. The van der Waals surface area contributed by atoms with Gasteiger partial charge >= 0.3 is 0 Å². The Hall–Kier alpha value is -6.49. The third-order valence-corrected chi connectivity index (χ3v) is 11.4. The number of thiophene rings is 1. The molecule has 11 rings (SSSR count). The Kier molecular flexibility index (Phi) is 6.12. The highest BCUT2D eigenvalue weighted by Gasteiger charge is 2.25. The van der Waals surface area contributed by atoms with Crippen LogP contribution in [0.15, 0.2) is 174 Å². The summed E-state index contributed by atoms with van der Waals surface area (Å²) in [5.41, 5.74) is 11.7. The third-order valence-electron chi connectivity index (χ3n) is 10.2. The van der Waals surface area contributed by atoms with E-state index in [0.717, 1.165) is 55.7 Å². The largest absolute Gasteiger partial charge is 0.455 e. The van der Waals surface area contributed by atoms with Gasteiger partial charge in [-0.3, -0.25) is 0 Å². The van der Waals surface area contributed by atoms with Gasteiger partial charge in [-0.05, 0) is 53.6 Å². The first-order valence-corrected chi connectivity index (χ1v) is 18.0. The van der Waals surface area contributed by atoms with Crippen molar-refractivity contribution in [2.24, 2.45) is 0 Å². The van der Waals surface area contributed by atoms with E-state index in [-0.39, 0.29) is 0 Å². The van der Waals surface area contributed by atoms with Crippen LogP contribution >= 0.6 is 11.3 Å². The molecule has 0 radical (unpaired) electrons. The third kappa shape index (κ3) is 4.27. The van der Waals surface area contributed by atoms with E-state index in [2.05, 4.69) is 168 Å². The van der Waals surface area contributed by atoms with Crippen LogP contribution in [-0.2, 0) is 0 Å². The van der Waals surface area contributed by atoms with Crippen molar-refractivity contribution < 1.29 is 4.42 Å². The van der Waals surface area contributed by atoms with Gasteiger partial charge in [0.05, 0.1) is 27.8 Å². The minimum atomic E-state index is 0.905. The van der Waals surface area contributed by atoms with Gasteiger partial charge in [-0.15, -0.1) is 11.3 Å². The van der Waals surface area contributed by atoms with Gasteiger partial charge in [0.15, 0.2) is 0 Å². The van der Waals surface area contributed by atoms with Crippen molar-refractivity contribution in [3.05, 3.63) is 170 Å². The molecule has 0 saturated carbocycles. The number of fused-ring (bicyclic) bond motifs is 12. The molecule has 0 N–H and O–H groups in total. The fourth-order valence-electron chi connectivity index (χ4n) is 7.89. The van der Waals surface area contributed by atoms with E-state index in [1.165, 1.54) is 47.5 Å². The van der Waals surface area contributed by atoms with Crippen molar-refractivity contribution in [1.29, 1.82) is 0 Å². The number of nitrogens with zero attached hydrogens (tertiary/aromatic N) is 2. The average Bonchev–Trinajstić information content (AvgIpc) is 3.88. The van der Waals surface area contributed by atoms with Gasteiger partial charge in [0.25, 0.3) is 0 Å². The lowest BCUT2D eigenvalue weighted by molar-refractivity contribution is 0.673. The Labute approximate surface area is 297 Å². The molecule has 0 spiro atoms. The van der Waals surface area contributed by atoms with E-state index in [1.54, 1.807) is 0 Å². The molecule has 4 aromatic heterocycles. The summed E-state index contributed by atoms with van der Waals surface area (Å²) >= 11 is 1.86. The molecule has 4 heterocycles. The summed E-state index contributed by atoms with van der Waals surface area (Å²) in [7, 11) is 0. The van der Waals surface area contributed by atoms with Crippen molar-refractivity contribution in [3.63, 3.8) is 0 Å². The van der Waals surface area contributed by atoms with Crippen LogP contribution in [0.2, 0.25) is 0 Å². The van der Waals surface area contributed by atoms with Crippen molar-refractivity contribution in [1.82, 2.24) is 9.55 Å². The van der Waals surface area contributed by atoms with Crippen LogP contribution < -0.4 is 0 Å². The lowest BCUT2D eigenvalue weighted by Crippen LogP contribution is -1.95. The molecule has 3 nitrogen and oxygen atoms in total. The Morgan fingerprint density at radius 3 is 1.84 bits per heavy atom. The van der Waals surface area contributed by atoms with Gasteiger partial charge in [0.1, 0.15) is 11.2 Å². The number of para-hydroxylation sites is 2. The van der Waals surface area contributed by atoms with E-state index in [9.17, 15) is 0 Å². The molecule has 0 fully saturated rings. The van der Waals surface area contributed by atoms with Crippen LogP contribution in [0.3, 0.4) is 0 Å². The lowest BCUT2D eigenvalue weighted by atomic mass is 10.00. The summed E-state index contributed by atoms with van der Waals surface area (Å²) < 4.78 is 11.8. The van der Waals surface area contributed by atoms with Crippen molar-refractivity contribution >= 4 is 75.3 Å². The molecule has 0 bridgehead atoms. The van der Waals surface area contributed by atoms with Gasteiger partial charge in [0.2, 0.25) is 0 Å². The second kappa shape index (κ2) is 11.0. The molecular weight excluding hydrogens is 641 g/mol. The second-order valence-electron chi connectivity index (χ2n) is 13.1. The van der Waals surface area contributed by atoms with Gasteiger partial charge in [-0.2, -0.15) is 0 Å². The topological polar surface area (TPSA) is 31.0 Å². The van der Waals surface area contributed by atoms with Gasteiger partial charge in [-0.25, -0.2) is 4.98 Å². The number of aromatic nitrogens is 2. The van der Waals surface area contributed by atoms with E-state index >= 15 is 0 Å². The van der Waals surface area contributed by atoms with Crippen LogP contribution in [0.5, 0.6) is 0 Å². The first-order chi connectivity index (χ1) is 25.3. The maximum Gasteiger partial charge on any atom is 0.146 e. The Bertz CT molecular complexity index is 3030. The molecule has 0 aliphatic rings. The number of furan rings is 1. The van der Waals surface area contributed by atoms with Gasteiger partial charge < -0.3 is 8.98 Å². The normalized spacial score (nSPS) is 11.9. The quantitative estimate of drug-likeness (QED) is 0.187. The molecule has 0 amide bonds. The maximum atomic E-state index is 6.78. The molecule has 0 atom stereocenters. The molecule has 51 heavy (non-hydrogen) atoms. The summed E-state index contributed by atoms with van der Waals surface area (Å²) in [5, 5.41) is 7.24. The number of rotatable bonds is 4. The van der Waals surface area contributed by atoms with Crippen LogP contribution in [0, 0.1) is 0 Å².